The molecule has 0 fully saturated rings. The van der Waals surface area contributed by atoms with Gasteiger partial charge in [0.2, 0.25) is 5.91 Å². The number of hydrogen-bond acceptors (Lipinski definition) is 7. The highest BCUT2D eigenvalue weighted by Crippen LogP contribution is 2.30. The fraction of sp³-hybridized carbons (Fsp3) is 0.350. The Morgan fingerprint density at radius 1 is 1.24 bits per heavy atom. The van der Waals surface area contributed by atoms with E-state index in [0.29, 0.717) is 19.8 Å². The van der Waals surface area contributed by atoms with Crippen LogP contribution in [0.4, 0.5) is 0 Å². The third-order valence-corrected chi connectivity index (χ3v) is 6.24. The molecule has 3 heterocycles. The number of rotatable bonds is 7. The van der Waals surface area contributed by atoms with Crippen molar-refractivity contribution < 1.29 is 14.3 Å². The molecule has 0 spiro atoms. The van der Waals surface area contributed by atoms with Crippen molar-refractivity contribution in [2.24, 2.45) is 0 Å². The van der Waals surface area contributed by atoms with Gasteiger partial charge in [0.15, 0.2) is 22.5 Å². The topological polar surface area (TPSA) is 78.3 Å². The van der Waals surface area contributed by atoms with Gasteiger partial charge in [-0.2, -0.15) is 0 Å². The lowest BCUT2D eigenvalue weighted by Gasteiger charge is -2.10. The SMILES string of the molecule is CCn1c(SCC(=O)NCc2ccc3c(c2)OCCCO3)nnc1-c1cccs1. The summed E-state index contributed by atoms with van der Waals surface area (Å²) in [5, 5.41) is 14.3. The fourth-order valence-corrected chi connectivity index (χ4v) is 4.52. The van der Waals surface area contributed by atoms with Gasteiger partial charge < -0.3 is 19.4 Å². The number of nitrogens with one attached hydrogen (secondary N) is 1. The van der Waals surface area contributed by atoms with E-state index >= 15 is 0 Å². The summed E-state index contributed by atoms with van der Waals surface area (Å²) >= 11 is 3.02. The van der Waals surface area contributed by atoms with E-state index in [1.807, 2.05) is 40.3 Å². The van der Waals surface area contributed by atoms with Crippen LogP contribution in [0.3, 0.4) is 0 Å². The van der Waals surface area contributed by atoms with E-state index in [4.69, 9.17) is 9.47 Å². The first-order valence-electron chi connectivity index (χ1n) is 9.49. The summed E-state index contributed by atoms with van der Waals surface area (Å²) in [6.07, 6.45) is 0.870. The standard InChI is InChI=1S/C20H22N4O3S2/c1-2-24-19(17-5-3-10-28-17)22-23-20(24)29-13-18(25)21-12-14-6-7-15-16(11-14)27-9-4-8-26-15/h3,5-7,10-11H,2,4,8-9,12-13H2,1H3,(H,21,25). The number of aromatic nitrogens is 3. The number of thioether (sulfide) groups is 1. The molecule has 1 amide bonds. The quantitative estimate of drug-likeness (QED) is 0.577. The van der Waals surface area contributed by atoms with Gasteiger partial charge in [0.1, 0.15) is 0 Å². The molecule has 29 heavy (non-hydrogen) atoms. The number of amides is 1. The van der Waals surface area contributed by atoms with Gasteiger partial charge >= 0.3 is 0 Å². The highest BCUT2D eigenvalue weighted by molar-refractivity contribution is 7.99. The molecular weight excluding hydrogens is 408 g/mol. The number of nitrogens with zero attached hydrogens (tertiary/aromatic N) is 3. The monoisotopic (exact) mass is 430 g/mol. The highest BCUT2D eigenvalue weighted by Gasteiger charge is 2.15. The number of carbonyl (C=O) groups excluding carboxylic acids is 1. The maximum Gasteiger partial charge on any atom is 0.230 e. The third kappa shape index (κ3) is 4.73. The third-order valence-electron chi connectivity index (χ3n) is 4.41. The first-order valence-corrected chi connectivity index (χ1v) is 11.4. The molecule has 4 rings (SSSR count). The van der Waals surface area contributed by atoms with Crippen molar-refractivity contribution in [3.63, 3.8) is 0 Å². The largest absolute Gasteiger partial charge is 0.490 e. The van der Waals surface area contributed by atoms with Crippen LogP contribution in [0.5, 0.6) is 11.5 Å². The predicted molar refractivity (Wildman–Crippen MR) is 114 cm³/mol. The Bertz CT molecular complexity index is 972. The van der Waals surface area contributed by atoms with Crippen LogP contribution < -0.4 is 14.8 Å². The first kappa shape index (κ1) is 19.8. The maximum absolute atomic E-state index is 12.3. The number of fused-ring (bicyclic) bond motifs is 1. The lowest BCUT2D eigenvalue weighted by atomic mass is 10.2. The molecule has 2 aromatic heterocycles. The Balaban J connectivity index is 1.32. The van der Waals surface area contributed by atoms with Crippen molar-refractivity contribution in [2.75, 3.05) is 19.0 Å². The molecule has 9 heteroatoms. The van der Waals surface area contributed by atoms with E-state index in [-0.39, 0.29) is 11.7 Å². The molecule has 152 valence electrons. The number of hydrogen-bond donors (Lipinski definition) is 1. The lowest BCUT2D eigenvalue weighted by Crippen LogP contribution is -2.24. The predicted octanol–water partition coefficient (Wildman–Crippen LogP) is 3.60. The zero-order valence-electron chi connectivity index (χ0n) is 16.1. The van der Waals surface area contributed by atoms with Crippen LogP contribution in [0, 0.1) is 0 Å². The minimum atomic E-state index is -0.0505. The van der Waals surface area contributed by atoms with Crippen LogP contribution in [0.2, 0.25) is 0 Å². The van der Waals surface area contributed by atoms with Crippen LogP contribution in [0.25, 0.3) is 10.7 Å². The molecule has 0 atom stereocenters. The van der Waals surface area contributed by atoms with Crippen molar-refractivity contribution >= 4 is 29.0 Å². The van der Waals surface area contributed by atoms with Crippen molar-refractivity contribution in [3.05, 3.63) is 41.3 Å². The zero-order valence-corrected chi connectivity index (χ0v) is 17.7. The molecule has 1 aliphatic heterocycles. The Hall–Kier alpha value is -2.52. The minimum absolute atomic E-state index is 0.0505. The van der Waals surface area contributed by atoms with E-state index in [9.17, 15) is 4.79 Å². The second-order valence-corrected chi connectivity index (χ2v) is 8.31. The van der Waals surface area contributed by atoms with Gasteiger partial charge in [-0.3, -0.25) is 4.79 Å². The molecule has 7 nitrogen and oxygen atoms in total. The van der Waals surface area contributed by atoms with E-state index in [2.05, 4.69) is 22.4 Å². The molecule has 0 aliphatic carbocycles. The van der Waals surface area contributed by atoms with Crippen molar-refractivity contribution in [2.45, 2.75) is 31.6 Å². The van der Waals surface area contributed by atoms with Crippen LogP contribution in [0.15, 0.2) is 40.9 Å². The van der Waals surface area contributed by atoms with Crippen molar-refractivity contribution in [1.82, 2.24) is 20.1 Å². The van der Waals surface area contributed by atoms with Gasteiger partial charge in [0, 0.05) is 19.5 Å². The lowest BCUT2D eigenvalue weighted by molar-refractivity contribution is -0.118. The summed E-state index contributed by atoms with van der Waals surface area (Å²) in [6.45, 7) is 4.55. The highest BCUT2D eigenvalue weighted by atomic mass is 32.2. The van der Waals surface area contributed by atoms with E-state index in [1.165, 1.54) is 11.8 Å². The molecule has 0 radical (unpaired) electrons. The summed E-state index contributed by atoms with van der Waals surface area (Å²) in [7, 11) is 0. The zero-order chi connectivity index (χ0) is 20.1. The Morgan fingerprint density at radius 2 is 2.10 bits per heavy atom. The molecular formula is C20H22N4O3S2. The van der Waals surface area contributed by atoms with Gasteiger partial charge in [-0.25, -0.2) is 0 Å². The summed E-state index contributed by atoms with van der Waals surface area (Å²) in [5.74, 6) is 2.57. The second kappa shape index (κ2) is 9.32. The Morgan fingerprint density at radius 3 is 2.90 bits per heavy atom. The first-order chi connectivity index (χ1) is 14.2. The van der Waals surface area contributed by atoms with Crippen LogP contribution in [-0.2, 0) is 17.9 Å². The number of carbonyl (C=O) groups is 1. The molecule has 1 aliphatic rings. The summed E-state index contributed by atoms with van der Waals surface area (Å²) in [6, 6.07) is 9.79. The smallest absolute Gasteiger partial charge is 0.230 e. The van der Waals surface area contributed by atoms with E-state index < -0.39 is 0 Å². The number of ether oxygens (including phenoxy) is 2. The van der Waals surface area contributed by atoms with Crippen molar-refractivity contribution in [3.8, 4) is 22.2 Å². The molecule has 3 aromatic rings. The van der Waals surface area contributed by atoms with Gasteiger partial charge in [-0.1, -0.05) is 23.9 Å². The van der Waals surface area contributed by atoms with Gasteiger partial charge in [0.05, 0.1) is 23.8 Å². The van der Waals surface area contributed by atoms with Gasteiger partial charge in [-0.05, 0) is 36.1 Å². The number of thiophene rings is 1. The Labute approximate surface area is 177 Å². The molecule has 0 bridgehead atoms. The summed E-state index contributed by atoms with van der Waals surface area (Å²) < 4.78 is 13.4. The van der Waals surface area contributed by atoms with Crippen LogP contribution >= 0.6 is 23.1 Å². The van der Waals surface area contributed by atoms with Gasteiger partial charge in [0.25, 0.3) is 0 Å². The molecule has 1 aromatic carbocycles. The summed E-state index contributed by atoms with van der Waals surface area (Å²) in [5.41, 5.74) is 0.976. The molecule has 1 N–H and O–H groups in total. The number of benzene rings is 1. The Kier molecular flexibility index (Phi) is 6.36. The molecule has 0 unspecified atom stereocenters. The average molecular weight is 431 g/mol. The van der Waals surface area contributed by atoms with E-state index in [0.717, 1.165) is 45.9 Å². The fourth-order valence-electron chi connectivity index (χ4n) is 2.97. The van der Waals surface area contributed by atoms with Crippen LogP contribution in [0.1, 0.15) is 18.9 Å². The van der Waals surface area contributed by atoms with Gasteiger partial charge in [-0.15, -0.1) is 21.5 Å². The second-order valence-electron chi connectivity index (χ2n) is 6.42. The molecule has 0 saturated carbocycles. The average Bonchev–Trinajstić information content (AvgIpc) is 3.35. The molecule has 0 saturated heterocycles. The van der Waals surface area contributed by atoms with Crippen molar-refractivity contribution in [1.29, 1.82) is 0 Å². The van der Waals surface area contributed by atoms with Crippen LogP contribution in [-0.4, -0.2) is 39.6 Å². The minimum Gasteiger partial charge on any atom is -0.490 e. The normalized spacial score (nSPS) is 13.1. The summed E-state index contributed by atoms with van der Waals surface area (Å²) in [4.78, 5) is 13.4. The van der Waals surface area contributed by atoms with E-state index in [1.54, 1.807) is 11.3 Å². The maximum atomic E-state index is 12.3.